The molecular formula is C21H28N4O2. The minimum Gasteiger partial charge on any atom is -0.462 e. The molecule has 1 aromatic carbocycles. The molecule has 0 radical (unpaired) electrons. The third kappa shape index (κ3) is 4.56. The lowest BCUT2D eigenvalue weighted by molar-refractivity contribution is 0.0527. The zero-order valence-corrected chi connectivity index (χ0v) is 16.4. The number of hydrogen-bond acceptors (Lipinski definition) is 6. The maximum atomic E-state index is 12.2. The Kier molecular flexibility index (Phi) is 6.27. The Morgan fingerprint density at radius 3 is 2.85 bits per heavy atom. The topological polar surface area (TPSA) is 67.3 Å². The Morgan fingerprint density at radius 2 is 2.07 bits per heavy atom. The number of ether oxygens (including phenoxy) is 1. The molecule has 1 aromatic heterocycles. The van der Waals surface area contributed by atoms with Gasteiger partial charge in [-0.3, -0.25) is 0 Å². The molecule has 1 atom stereocenters. The van der Waals surface area contributed by atoms with Crippen molar-refractivity contribution in [3.8, 4) is 0 Å². The number of para-hydroxylation sites is 1. The van der Waals surface area contributed by atoms with Gasteiger partial charge in [-0.2, -0.15) is 4.98 Å². The van der Waals surface area contributed by atoms with Crippen LogP contribution in [-0.2, 0) is 4.74 Å². The standard InChI is InChI=1S/C21H28N4O2/c1-4-16-10-8-9-13-25(16)21-22-15(3)14-19(24-21)23-18-12-7-6-11-17(18)20(26)27-5-2/h6-7,11-12,14,16H,4-5,8-10,13H2,1-3H3,(H,22,23,24). The molecule has 1 N–H and O–H groups in total. The summed E-state index contributed by atoms with van der Waals surface area (Å²) in [5, 5.41) is 3.29. The smallest absolute Gasteiger partial charge is 0.340 e. The molecule has 0 aliphatic carbocycles. The first-order valence-corrected chi connectivity index (χ1v) is 9.77. The van der Waals surface area contributed by atoms with Crippen molar-refractivity contribution in [3.05, 3.63) is 41.6 Å². The fourth-order valence-electron chi connectivity index (χ4n) is 3.55. The van der Waals surface area contributed by atoms with E-state index in [1.54, 1.807) is 13.0 Å². The van der Waals surface area contributed by atoms with Gasteiger partial charge in [0.15, 0.2) is 0 Å². The zero-order valence-electron chi connectivity index (χ0n) is 16.4. The van der Waals surface area contributed by atoms with E-state index >= 15 is 0 Å². The maximum Gasteiger partial charge on any atom is 0.340 e. The van der Waals surface area contributed by atoms with Crippen molar-refractivity contribution in [2.24, 2.45) is 0 Å². The number of aromatic nitrogens is 2. The molecule has 6 heteroatoms. The second kappa shape index (κ2) is 8.84. The number of hydrogen-bond donors (Lipinski definition) is 1. The van der Waals surface area contributed by atoms with Gasteiger partial charge >= 0.3 is 5.97 Å². The Labute approximate surface area is 161 Å². The van der Waals surface area contributed by atoms with Crippen LogP contribution in [0.5, 0.6) is 0 Å². The van der Waals surface area contributed by atoms with E-state index in [-0.39, 0.29) is 5.97 Å². The summed E-state index contributed by atoms with van der Waals surface area (Å²) < 4.78 is 5.16. The second-order valence-corrected chi connectivity index (χ2v) is 6.84. The number of carbonyl (C=O) groups is 1. The first-order valence-electron chi connectivity index (χ1n) is 9.77. The summed E-state index contributed by atoms with van der Waals surface area (Å²) in [5.74, 6) is 1.11. The van der Waals surface area contributed by atoms with Crippen molar-refractivity contribution in [1.29, 1.82) is 0 Å². The summed E-state index contributed by atoms with van der Waals surface area (Å²) in [4.78, 5) is 24.0. The number of nitrogens with one attached hydrogen (secondary N) is 1. The molecule has 3 rings (SSSR count). The van der Waals surface area contributed by atoms with Crippen LogP contribution in [0.15, 0.2) is 30.3 Å². The second-order valence-electron chi connectivity index (χ2n) is 6.84. The monoisotopic (exact) mass is 368 g/mol. The predicted octanol–water partition coefficient (Wildman–Crippen LogP) is 4.47. The highest BCUT2D eigenvalue weighted by atomic mass is 16.5. The van der Waals surface area contributed by atoms with Crippen LogP contribution in [0.4, 0.5) is 17.5 Å². The molecule has 1 aliphatic rings. The van der Waals surface area contributed by atoms with E-state index in [1.807, 2.05) is 31.2 Å². The highest BCUT2D eigenvalue weighted by Gasteiger charge is 2.24. The van der Waals surface area contributed by atoms with Crippen LogP contribution in [0.3, 0.4) is 0 Å². The number of anilines is 3. The first kappa shape index (κ1) is 19.1. The van der Waals surface area contributed by atoms with Gasteiger partial charge in [0.1, 0.15) is 5.82 Å². The molecule has 0 bridgehead atoms. The molecule has 6 nitrogen and oxygen atoms in total. The molecule has 2 heterocycles. The highest BCUT2D eigenvalue weighted by molar-refractivity contribution is 5.96. The lowest BCUT2D eigenvalue weighted by atomic mass is 10.0. The molecule has 1 unspecified atom stereocenters. The molecule has 1 fully saturated rings. The largest absolute Gasteiger partial charge is 0.462 e. The third-order valence-electron chi connectivity index (χ3n) is 4.88. The van der Waals surface area contributed by atoms with E-state index in [9.17, 15) is 4.79 Å². The molecule has 1 saturated heterocycles. The van der Waals surface area contributed by atoms with Crippen LogP contribution in [0.25, 0.3) is 0 Å². The average Bonchev–Trinajstić information content (AvgIpc) is 2.68. The van der Waals surface area contributed by atoms with Crippen LogP contribution in [0.2, 0.25) is 0 Å². The van der Waals surface area contributed by atoms with Crippen molar-refractivity contribution in [3.63, 3.8) is 0 Å². The van der Waals surface area contributed by atoms with Crippen LogP contribution in [0, 0.1) is 6.92 Å². The summed E-state index contributed by atoms with van der Waals surface area (Å²) in [6, 6.07) is 9.72. The van der Waals surface area contributed by atoms with E-state index in [2.05, 4.69) is 22.1 Å². The van der Waals surface area contributed by atoms with Gasteiger partial charge in [0, 0.05) is 24.3 Å². The van der Waals surface area contributed by atoms with Crippen molar-refractivity contribution in [2.75, 3.05) is 23.4 Å². The lowest BCUT2D eigenvalue weighted by Gasteiger charge is -2.35. The molecule has 2 aromatic rings. The van der Waals surface area contributed by atoms with Gasteiger partial charge in [-0.25, -0.2) is 9.78 Å². The number of benzene rings is 1. The summed E-state index contributed by atoms with van der Waals surface area (Å²) >= 11 is 0. The summed E-state index contributed by atoms with van der Waals surface area (Å²) in [5.41, 5.74) is 2.09. The minimum absolute atomic E-state index is 0.339. The maximum absolute atomic E-state index is 12.2. The normalized spacial score (nSPS) is 16.9. The van der Waals surface area contributed by atoms with E-state index in [4.69, 9.17) is 9.72 Å². The summed E-state index contributed by atoms with van der Waals surface area (Å²) in [6.07, 6.45) is 4.70. The highest BCUT2D eigenvalue weighted by Crippen LogP contribution is 2.27. The summed E-state index contributed by atoms with van der Waals surface area (Å²) in [6.45, 7) is 7.32. The number of aryl methyl sites for hydroxylation is 1. The van der Waals surface area contributed by atoms with Gasteiger partial charge in [-0.15, -0.1) is 0 Å². The van der Waals surface area contributed by atoms with Crippen molar-refractivity contribution in [2.45, 2.75) is 52.5 Å². The molecule has 1 aliphatic heterocycles. The summed E-state index contributed by atoms with van der Waals surface area (Å²) in [7, 11) is 0. The Balaban J connectivity index is 1.88. The molecule has 0 spiro atoms. The Hall–Kier alpha value is -2.63. The van der Waals surface area contributed by atoms with Crippen molar-refractivity contribution < 1.29 is 9.53 Å². The SMILES string of the molecule is CCOC(=O)c1ccccc1Nc1cc(C)nc(N2CCCCC2CC)n1. The first-order chi connectivity index (χ1) is 13.1. The van der Waals surface area contributed by atoms with Gasteiger partial charge in [-0.1, -0.05) is 19.1 Å². The number of esters is 1. The van der Waals surface area contributed by atoms with Crippen LogP contribution in [-0.4, -0.2) is 35.1 Å². The van der Waals surface area contributed by atoms with Gasteiger partial charge in [0.05, 0.1) is 17.9 Å². The predicted molar refractivity (Wildman–Crippen MR) is 108 cm³/mol. The quantitative estimate of drug-likeness (QED) is 0.759. The molecule has 0 amide bonds. The molecule has 0 saturated carbocycles. The Morgan fingerprint density at radius 1 is 1.26 bits per heavy atom. The van der Waals surface area contributed by atoms with E-state index in [0.717, 1.165) is 24.6 Å². The van der Waals surface area contributed by atoms with Crippen LogP contribution < -0.4 is 10.2 Å². The average molecular weight is 368 g/mol. The molecule has 27 heavy (non-hydrogen) atoms. The fourth-order valence-corrected chi connectivity index (χ4v) is 3.55. The Bertz CT molecular complexity index is 794. The number of carbonyl (C=O) groups excluding carboxylic acids is 1. The van der Waals surface area contributed by atoms with Crippen LogP contribution >= 0.6 is 0 Å². The number of nitrogens with zero attached hydrogens (tertiary/aromatic N) is 3. The number of piperidine rings is 1. The van der Waals surface area contributed by atoms with Crippen molar-refractivity contribution in [1.82, 2.24) is 9.97 Å². The fraction of sp³-hybridized carbons (Fsp3) is 0.476. The van der Waals surface area contributed by atoms with Crippen LogP contribution in [0.1, 0.15) is 55.6 Å². The van der Waals surface area contributed by atoms with Gasteiger partial charge < -0.3 is 15.0 Å². The van der Waals surface area contributed by atoms with E-state index in [1.165, 1.54) is 19.3 Å². The zero-order chi connectivity index (χ0) is 19.2. The number of rotatable bonds is 6. The molecular weight excluding hydrogens is 340 g/mol. The van der Waals surface area contributed by atoms with E-state index < -0.39 is 0 Å². The van der Waals surface area contributed by atoms with Gasteiger partial charge in [-0.05, 0) is 51.7 Å². The van der Waals surface area contributed by atoms with E-state index in [0.29, 0.717) is 29.7 Å². The van der Waals surface area contributed by atoms with Gasteiger partial charge in [0.25, 0.3) is 0 Å². The van der Waals surface area contributed by atoms with Crippen molar-refractivity contribution >= 4 is 23.4 Å². The minimum atomic E-state index is -0.339. The third-order valence-corrected chi connectivity index (χ3v) is 4.88. The molecule has 144 valence electrons. The lowest BCUT2D eigenvalue weighted by Crippen LogP contribution is -2.40. The van der Waals surface area contributed by atoms with Gasteiger partial charge in [0.2, 0.25) is 5.95 Å².